The first-order valence-electron chi connectivity index (χ1n) is 5.79. The number of hydrogen-bond donors (Lipinski definition) is 2. The van der Waals surface area contributed by atoms with Crippen LogP contribution in [0.4, 0.5) is 4.79 Å². The minimum absolute atomic E-state index is 0.0532. The minimum Gasteiger partial charge on any atom is -0.481 e. The van der Waals surface area contributed by atoms with Crippen LogP contribution in [0.1, 0.15) is 32.6 Å². The summed E-state index contributed by atoms with van der Waals surface area (Å²) in [4.78, 5) is 34.7. The number of imide groups is 1. The van der Waals surface area contributed by atoms with Crippen LogP contribution in [0.3, 0.4) is 0 Å². The van der Waals surface area contributed by atoms with E-state index in [-0.39, 0.29) is 25.3 Å². The maximum absolute atomic E-state index is 11.6. The van der Waals surface area contributed by atoms with E-state index in [9.17, 15) is 14.4 Å². The molecule has 17 heavy (non-hydrogen) atoms. The van der Waals surface area contributed by atoms with Gasteiger partial charge in [0.2, 0.25) is 5.91 Å². The Kier molecular flexibility index (Phi) is 4.93. The number of urea groups is 1. The SMILES string of the molecule is CC1CCN(C(=O)NC(=O)CCCC(=O)O)C1. The molecular formula is C11H18N2O4. The lowest BCUT2D eigenvalue weighted by Gasteiger charge is -2.15. The number of carboxylic acids is 1. The van der Waals surface area contributed by atoms with Crippen LogP contribution in [-0.4, -0.2) is 41.0 Å². The highest BCUT2D eigenvalue weighted by atomic mass is 16.4. The molecule has 1 unspecified atom stereocenters. The summed E-state index contributed by atoms with van der Waals surface area (Å²) in [6.45, 7) is 3.41. The summed E-state index contributed by atoms with van der Waals surface area (Å²) in [7, 11) is 0. The first kappa shape index (κ1) is 13.5. The average molecular weight is 242 g/mol. The van der Waals surface area contributed by atoms with E-state index in [0.717, 1.165) is 6.42 Å². The molecule has 1 rings (SSSR count). The van der Waals surface area contributed by atoms with Crippen molar-refractivity contribution in [1.82, 2.24) is 10.2 Å². The number of aliphatic carboxylic acids is 1. The summed E-state index contributed by atoms with van der Waals surface area (Å²) in [6.07, 6.45) is 1.23. The molecule has 1 heterocycles. The van der Waals surface area contributed by atoms with Crippen molar-refractivity contribution in [2.24, 2.45) is 5.92 Å². The number of carbonyl (C=O) groups excluding carboxylic acids is 2. The molecule has 0 aromatic heterocycles. The van der Waals surface area contributed by atoms with Crippen LogP contribution in [0.2, 0.25) is 0 Å². The first-order chi connectivity index (χ1) is 7.99. The van der Waals surface area contributed by atoms with Gasteiger partial charge in [-0.3, -0.25) is 14.9 Å². The third-order valence-corrected chi connectivity index (χ3v) is 2.75. The van der Waals surface area contributed by atoms with Crippen LogP contribution in [0, 0.1) is 5.92 Å². The van der Waals surface area contributed by atoms with Gasteiger partial charge in [0.05, 0.1) is 0 Å². The second-order valence-electron chi connectivity index (χ2n) is 4.44. The fraction of sp³-hybridized carbons (Fsp3) is 0.727. The number of nitrogens with zero attached hydrogens (tertiary/aromatic N) is 1. The quantitative estimate of drug-likeness (QED) is 0.764. The third kappa shape index (κ3) is 4.84. The van der Waals surface area contributed by atoms with Gasteiger partial charge in [-0.25, -0.2) is 4.79 Å². The maximum atomic E-state index is 11.6. The Morgan fingerprint density at radius 1 is 1.35 bits per heavy atom. The van der Waals surface area contributed by atoms with Gasteiger partial charge in [-0.1, -0.05) is 6.92 Å². The van der Waals surface area contributed by atoms with Gasteiger partial charge in [0.15, 0.2) is 0 Å². The first-order valence-corrected chi connectivity index (χ1v) is 5.79. The molecule has 1 aliphatic rings. The Morgan fingerprint density at radius 2 is 2.06 bits per heavy atom. The number of carboxylic acid groups (broad SMARTS) is 1. The lowest BCUT2D eigenvalue weighted by Crippen LogP contribution is -2.41. The molecule has 2 N–H and O–H groups in total. The van der Waals surface area contributed by atoms with Gasteiger partial charge in [-0.2, -0.15) is 0 Å². The zero-order valence-electron chi connectivity index (χ0n) is 9.94. The number of nitrogens with one attached hydrogen (secondary N) is 1. The average Bonchev–Trinajstić information content (AvgIpc) is 2.64. The fourth-order valence-corrected chi connectivity index (χ4v) is 1.78. The van der Waals surface area contributed by atoms with Crippen LogP contribution < -0.4 is 5.32 Å². The topological polar surface area (TPSA) is 86.7 Å². The molecule has 0 aromatic rings. The predicted molar refractivity (Wildman–Crippen MR) is 60.4 cm³/mol. The molecule has 0 aromatic carbocycles. The van der Waals surface area contributed by atoms with Crippen molar-refractivity contribution in [3.05, 3.63) is 0 Å². The Labute approximate surface area is 100.0 Å². The number of amides is 3. The van der Waals surface area contributed by atoms with Gasteiger partial charge in [0.1, 0.15) is 0 Å². The number of rotatable bonds is 4. The Balaban J connectivity index is 2.21. The lowest BCUT2D eigenvalue weighted by atomic mass is 10.2. The lowest BCUT2D eigenvalue weighted by molar-refractivity contribution is -0.137. The van der Waals surface area contributed by atoms with Gasteiger partial charge < -0.3 is 10.0 Å². The van der Waals surface area contributed by atoms with Crippen molar-refractivity contribution >= 4 is 17.9 Å². The van der Waals surface area contributed by atoms with Gasteiger partial charge in [0, 0.05) is 25.9 Å². The van der Waals surface area contributed by atoms with E-state index in [1.807, 2.05) is 0 Å². The van der Waals surface area contributed by atoms with E-state index < -0.39 is 11.9 Å². The molecule has 3 amide bonds. The van der Waals surface area contributed by atoms with E-state index in [1.165, 1.54) is 0 Å². The van der Waals surface area contributed by atoms with Crippen molar-refractivity contribution in [1.29, 1.82) is 0 Å². The highest BCUT2D eigenvalue weighted by molar-refractivity contribution is 5.94. The normalized spacial score (nSPS) is 19.1. The highest BCUT2D eigenvalue weighted by Crippen LogP contribution is 2.14. The largest absolute Gasteiger partial charge is 0.481 e. The fourth-order valence-electron chi connectivity index (χ4n) is 1.78. The molecule has 0 saturated carbocycles. The minimum atomic E-state index is -0.933. The van der Waals surface area contributed by atoms with Crippen molar-refractivity contribution in [3.63, 3.8) is 0 Å². The van der Waals surface area contributed by atoms with E-state index >= 15 is 0 Å². The molecule has 0 aliphatic carbocycles. The molecule has 0 bridgehead atoms. The number of carbonyl (C=O) groups is 3. The van der Waals surface area contributed by atoms with Gasteiger partial charge in [0.25, 0.3) is 0 Å². The van der Waals surface area contributed by atoms with Crippen LogP contribution in [0.15, 0.2) is 0 Å². The monoisotopic (exact) mass is 242 g/mol. The molecule has 6 nitrogen and oxygen atoms in total. The molecular weight excluding hydrogens is 224 g/mol. The summed E-state index contributed by atoms with van der Waals surface area (Å²) < 4.78 is 0. The van der Waals surface area contributed by atoms with Crippen molar-refractivity contribution in [2.45, 2.75) is 32.6 Å². The zero-order chi connectivity index (χ0) is 12.8. The molecule has 0 spiro atoms. The van der Waals surface area contributed by atoms with Gasteiger partial charge in [-0.05, 0) is 18.8 Å². The third-order valence-electron chi connectivity index (χ3n) is 2.75. The van der Waals surface area contributed by atoms with E-state index in [0.29, 0.717) is 19.0 Å². The Bertz CT molecular complexity index is 317. The van der Waals surface area contributed by atoms with Crippen molar-refractivity contribution < 1.29 is 19.5 Å². The molecule has 6 heteroatoms. The van der Waals surface area contributed by atoms with E-state index in [4.69, 9.17) is 5.11 Å². The summed E-state index contributed by atoms with van der Waals surface area (Å²) >= 11 is 0. The van der Waals surface area contributed by atoms with Crippen LogP contribution in [0.25, 0.3) is 0 Å². The second-order valence-corrected chi connectivity index (χ2v) is 4.44. The van der Waals surface area contributed by atoms with E-state index in [2.05, 4.69) is 12.2 Å². The van der Waals surface area contributed by atoms with Gasteiger partial charge >= 0.3 is 12.0 Å². The van der Waals surface area contributed by atoms with Crippen molar-refractivity contribution in [3.8, 4) is 0 Å². The molecule has 1 fully saturated rings. The number of likely N-dealkylation sites (tertiary alicyclic amines) is 1. The molecule has 0 radical (unpaired) electrons. The molecule has 96 valence electrons. The van der Waals surface area contributed by atoms with Crippen molar-refractivity contribution in [2.75, 3.05) is 13.1 Å². The number of hydrogen-bond acceptors (Lipinski definition) is 3. The predicted octanol–water partition coefficient (Wildman–Crippen LogP) is 0.819. The summed E-state index contributed by atoms with van der Waals surface area (Å²) in [5, 5.41) is 10.7. The molecule has 1 atom stereocenters. The highest BCUT2D eigenvalue weighted by Gasteiger charge is 2.24. The standard InChI is InChI=1S/C11H18N2O4/c1-8-5-6-13(7-8)11(17)12-9(14)3-2-4-10(15)16/h8H,2-7H2,1H3,(H,15,16)(H,12,14,17). The molecule has 1 aliphatic heterocycles. The van der Waals surface area contributed by atoms with E-state index in [1.54, 1.807) is 4.90 Å². The maximum Gasteiger partial charge on any atom is 0.324 e. The summed E-state index contributed by atoms with van der Waals surface area (Å²) in [5.74, 6) is -0.865. The van der Waals surface area contributed by atoms with Crippen LogP contribution >= 0.6 is 0 Å². The van der Waals surface area contributed by atoms with Crippen LogP contribution in [0.5, 0.6) is 0 Å². The Morgan fingerprint density at radius 3 is 2.59 bits per heavy atom. The smallest absolute Gasteiger partial charge is 0.324 e. The van der Waals surface area contributed by atoms with Gasteiger partial charge in [-0.15, -0.1) is 0 Å². The second kappa shape index (κ2) is 6.22. The summed E-state index contributed by atoms with van der Waals surface area (Å²) in [6, 6.07) is -0.366. The molecule has 1 saturated heterocycles. The summed E-state index contributed by atoms with van der Waals surface area (Å²) in [5.41, 5.74) is 0. The Hall–Kier alpha value is -1.59. The zero-order valence-corrected chi connectivity index (χ0v) is 9.94. The van der Waals surface area contributed by atoms with Crippen LogP contribution in [-0.2, 0) is 9.59 Å².